The molecule has 142 valence electrons. The van der Waals surface area contributed by atoms with Gasteiger partial charge < -0.3 is 5.11 Å². The van der Waals surface area contributed by atoms with Crippen molar-refractivity contribution in [3.05, 3.63) is 29.8 Å². The van der Waals surface area contributed by atoms with Crippen LogP contribution in [-0.4, -0.2) is 49.3 Å². The third-order valence-electron chi connectivity index (χ3n) is 5.20. The van der Waals surface area contributed by atoms with Crippen molar-refractivity contribution in [1.29, 1.82) is 0 Å². The Morgan fingerprint density at radius 3 is 2.58 bits per heavy atom. The summed E-state index contributed by atoms with van der Waals surface area (Å²) < 4.78 is 16.3. The van der Waals surface area contributed by atoms with E-state index < -0.39 is 5.97 Å². The first-order valence-corrected chi connectivity index (χ1v) is 9.69. The van der Waals surface area contributed by atoms with E-state index in [9.17, 15) is 9.50 Å². The monoisotopic (exact) mass is 359 g/mol. The van der Waals surface area contributed by atoms with Crippen LogP contribution in [0.15, 0.2) is 24.3 Å². The molecule has 26 heavy (non-hydrogen) atoms. The van der Waals surface area contributed by atoms with E-state index in [1.165, 1.54) is 25.7 Å². The first-order valence-electron chi connectivity index (χ1n) is 9.69. The predicted molar refractivity (Wildman–Crippen MR) is 102 cm³/mol. The number of ether oxygens (including phenoxy) is 1. The van der Waals surface area contributed by atoms with Crippen LogP contribution in [0, 0.1) is 11.8 Å². The second-order valence-corrected chi connectivity index (χ2v) is 7.34. The molecule has 1 aromatic rings. The van der Waals surface area contributed by atoms with Gasteiger partial charge in [-0.05, 0) is 12.0 Å². The van der Waals surface area contributed by atoms with E-state index in [0.717, 1.165) is 50.5 Å². The summed E-state index contributed by atoms with van der Waals surface area (Å²) in [6.07, 6.45) is 6.98. The van der Waals surface area contributed by atoms with Crippen LogP contribution in [0.3, 0.4) is 0 Å². The molecule has 1 aliphatic heterocycles. The molecule has 0 spiro atoms. The summed E-state index contributed by atoms with van der Waals surface area (Å²) >= 11 is 0. The van der Waals surface area contributed by atoms with Crippen LogP contribution in [0.5, 0.6) is 5.75 Å². The van der Waals surface area contributed by atoms with Gasteiger partial charge in [0.2, 0.25) is 0 Å². The van der Waals surface area contributed by atoms with Crippen molar-refractivity contribution >= 4 is 13.1 Å². The SMILES string of the molecule is CC(Cc1ccc(OCCCCC2CCN(CB=O)CC2)cc1)C(=O)O. The fourth-order valence-electron chi connectivity index (χ4n) is 3.45. The predicted octanol–water partition coefficient (Wildman–Crippen LogP) is 3.22. The van der Waals surface area contributed by atoms with E-state index in [1.54, 1.807) is 6.92 Å². The minimum atomic E-state index is -0.764. The summed E-state index contributed by atoms with van der Waals surface area (Å²) in [6.45, 7) is 4.53. The van der Waals surface area contributed by atoms with Gasteiger partial charge in [-0.2, -0.15) is 0 Å². The maximum absolute atomic E-state index is 10.9. The van der Waals surface area contributed by atoms with Crippen LogP contribution < -0.4 is 4.74 Å². The number of nitrogens with zero attached hydrogens (tertiary/aromatic N) is 1. The number of benzene rings is 1. The summed E-state index contributed by atoms with van der Waals surface area (Å²) in [4.78, 5) is 13.1. The Kier molecular flexibility index (Phi) is 8.82. The molecule has 1 aliphatic rings. The van der Waals surface area contributed by atoms with Gasteiger partial charge in [-0.1, -0.05) is 19.1 Å². The Hall–Kier alpha value is -1.69. The molecule has 1 heterocycles. The van der Waals surface area contributed by atoms with Crippen molar-refractivity contribution in [2.45, 2.75) is 45.4 Å². The smallest absolute Gasteiger partial charge is 0.481 e. The van der Waals surface area contributed by atoms with Crippen LogP contribution >= 0.6 is 0 Å². The van der Waals surface area contributed by atoms with E-state index in [2.05, 4.69) is 4.90 Å². The molecule has 5 nitrogen and oxygen atoms in total. The topological polar surface area (TPSA) is 66.8 Å². The van der Waals surface area contributed by atoms with Crippen molar-refractivity contribution in [1.82, 2.24) is 4.90 Å². The van der Waals surface area contributed by atoms with Gasteiger partial charge in [0, 0.05) is 0 Å². The summed E-state index contributed by atoms with van der Waals surface area (Å²) in [6, 6.07) is 7.74. The molecule has 0 bridgehead atoms. The van der Waals surface area contributed by atoms with Gasteiger partial charge in [0.15, 0.2) is 0 Å². The first-order chi connectivity index (χ1) is 12.6. The number of unbranched alkanes of at least 4 members (excludes halogenated alkanes) is 1. The van der Waals surface area contributed by atoms with Gasteiger partial charge in [0.05, 0.1) is 5.92 Å². The van der Waals surface area contributed by atoms with Crippen molar-refractivity contribution < 1.29 is 19.3 Å². The van der Waals surface area contributed by atoms with E-state index in [4.69, 9.17) is 9.84 Å². The van der Waals surface area contributed by atoms with Gasteiger partial charge in [0.25, 0.3) is 0 Å². The summed E-state index contributed by atoms with van der Waals surface area (Å²) in [7, 11) is 0.997. The molecule has 0 radical (unpaired) electrons. The molecule has 1 fully saturated rings. The second kappa shape index (κ2) is 11.1. The molecule has 0 saturated carbocycles. The van der Waals surface area contributed by atoms with Gasteiger partial charge in [-0.25, -0.2) is 0 Å². The molecule has 1 unspecified atom stereocenters. The zero-order valence-corrected chi connectivity index (χ0v) is 15.7. The normalized spacial score (nSPS) is 16.8. The van der Waals surface area contributed by atoms with Crippen LogP contribution in [0.2, 0.25) is 0 Å². The van der Waals surface area contributed by atoms with Crippen molar-refractivity contribution in [2.24, 2.45) is 11.8 Å². The van der Waals surface area contributed by atoms with E-state index in [0.29, 0.717) is 12.9 Å². The number of carboxylic acid groups (broad SMARTS) is 1. The molecule has 6 heteroatoms. The molecule has 0 aliphatic carbocycles. The summed E-state index contributed by atoms with van der Waals surface area (Å²) in [5.74, 6) is 0.499. The van der Waals surface area contributed by atoms with Crippen LogP contribution in [0.1, 0.15) is 44.6 Å². The van der Waals surface area contributed by atoms with Crippen LogP contribution in [0.25, 0.3) is 0 Å². The Morgan fingerprint density at radius 1 is 1.27 bits per heavy atom. The molecule has 1 N–H and O–H groups in total. The molecule has 0 aromatic heterocycles. The minimum Gasteiger partial charge on any atom is -0.481 e. The van der Waals surface area contributed by atoms with Crippen LogP contribution in [0.4, 0.5) is 0 Å². The summed E-state index contributed by atoms with van der Waals surface area (Å²) in [5.41, 5.74) is 1.02. The van der Waals surface area contributed by atoms with Gasteiger partial charge in [-0.3, -0.25) is 4.79 Å². The van der Waals surface area contributed by atoms with E-state index in [1.807, 2.05) is 24.3 Å². The number of rotatable bonds is 11. The summed E-state index contributed by atoms with van der Waals surface area (Å²) in [5, 5.41) is 8.95. The second-order valence-electron chi connectivity index (χ2n) is 7.34. The molecule has 1 aromatic carbocycles. The molecule has 2 rings (SSSR count). The first kappa shape index (κ1) is 20.6. The number of hydrogen-bond donors (Lipinski definition) is 1. The van der Waals surface area contributed by atoms with E-state index >= 15 is 0 Å². The van der Waals surface area contributed by atoms with Crippen molar-refractivity contribution in [3.63, 3.8) is 0 Å². The number of likely N-dealkylation sites (tertiary alicyclic amines) is 1. The Balaban J connectivity index is 1.57. The Bertz CT molecular complexity index is 555. The van der Waals surface area contributed by atoms with Gasteiger partial charge >= 0.3 is 110 Å². The molecule has 1 atom stereocenters. The van der Waals surface area contributed by atoms with Gasteiger partial charge in [0.1, 0.15) is 0 Å². The number of carboxylic acids is 1. The van der Waals surface area contributed by atoms with Crippen molar-refractivity contribution in [3.8, 4) is 5.75 Å². The average molecular weight is 359 g/mol. The number of carbonyl (C=O) groups is 1. The third-order valence-corrected chi connectivity index (χ3v) is 5.20. The van der Waals surface area contributed by atoms with Crippen LogP contribution in [-0.2, 0) is 15.9 Å². The fraction of sp³-hybridized carbons (Fsp3) is 0.650. The Labute approximate surface area is 157 Å². The van der Waals surface area contributed by atoms with Crippen molar-refractivity contribution in [2.75, 3.05) is 26.1 Å². The maximum atomic E-state index is 10.9. The molecular weight excluding hydrogens is 329 g/mol. The number of hydrogen-bond acceptors (Lipinski definition) is 4. The van der Waals surface area contributed by atoms with E-state index in [-0.39, 0.29) is 5.92 Å². The number of piperidine rings is 1. The number of aliphatic carboxylic acids is 1. The average Bonchev–Trinajstić information content (AvgIpc) is 2.64. The molecule has 0 amide bonds. The zero-order valence-electron chi connectivity index (χ0n) is 15.7. The standard InChI is InChI=1S/C20H30BNO4/c1-16(20(23)24)14-18-5-7-19(8-6-18)26-13-3-2-4-17-9-11-22(12-10-17)15-21-25/h5-8,16-17H,2-4,9-15H2,1H3,(H,23,24). The zero-order chi connectivity index (χ0) is 18.8. The fourth-order valence-corrected chi connectivity index (χ4v) is 3.45. The third kappa shape index (κ3) is 7.28. The molecule has 1 saturated heterocycles. The van der Waals surface area contributed by atoms with Gasteiger partial charge in [-0.15, -0.1) is 0 Å². The molecular formula is C20H30BNO4. The Morgan fingerprint density at radius 2 is 1.96 bits per heavy atom. The minimum absolute atomic E-state index is 0.368. The quantitative estimate of drug-likeness (QED) is 0.485.